The van der Waals surface area contributed by atoms with Crippen LogP contribution in [0, 0.1) is 18.8 Å². The number of hydrogen-bond donors (Lipinski definition) is 2. The van der Waals surface area contributed by atoms with Crippen LogP contribution in [-0.2, 0) is 6.54 Å². The minimum atomic E-state index is -0.198. The Morgan fingerprint density at radius 3 is 2.90 bits per heavy atom. The Morgan fingerprint density at radius 1 is 1.38 bits per heavy atom. The molecule has 2 rings (SSSR count). The van der Waals surface area contributed by atoms with Crippen molar-refractivity contribution in [3.63, 3.8) is 0 Å². The van der Waals surface area contributed by atoms with Crippen molar-refractivity contribution >= 4 is 28.8 Å². The number of aryl methyl sites for hydroxylation is 1. The molecule has 0 fully saturated rings. The molecule has 1 aromatic carbocycles. The molecule has 1 heterocycles. The fraction of sp³-hybridized carbons (Fsp3) is 0.188. The molecule has 2 aromatic rings. The molecule has 0 aliphatic rings. The molecule has 0 aliphatic carbocycles. The summed E-state index contributed by atoms with van der Waals surface area (Å²) < 4.78 is 0. The highest BCUT2D eigenvalue weighted by molar-refractivity contribution is 7.12. The second-order valence-corrected chi connectivity index (χ2v) is 5.97. The lowest BCUT2D eigenvalue weighted by Gasteiger charge is -2.06. The maximum Gasteiger partial charge on any atom is 0.253 e. The van der Waals surface area contributed by atoms with Gasteiger partial charge in [-0.2, -0.15) is 0 Å². The predicted molar refractivity (Wildman–Crippen MR) is 85.6 cm³/mol. The first-order valence-electron chi connectivity index (χ1n) is 6.33. The van der Waals surface area contributed by atoms with Gasteiger partial charge in [0, 0.05) is 4.88 Å². The zero-order chi connectivity index (χ0) is 15.2. The van der Waals surface area contributed by atoms with Crippen LogP contribution in [0.5, 0.6) is 0 Å². The highest BCUT2D eigenvalue weighted by Gasteiger charge is 2.10. The Labute approximate surface area is 132 Å². The molecule has 1 aromatic heterocycles. The standard InChI is InChI=1S/C16H14ClNO2S/c1-11-4-7-14(15(17)9-11)16(20)18-10-13-6-5-12(21-13)3-2-8-19/h4-7,9,19H,8,10H2,1H3,(H,18,20). The molecule has 2 N–H and O–H groups in total. The summed E-state index contributed by atoms with van der Waals surface area (Å²) in [4.78, 5) is 13.9. The quantitative estimate of drug-likeness (QED) is 0.855. The van der Waals surface area contributed by atoms with Gasteiger partial charge in [-0.05, 0) is 36.8 Å². The van der Waals surface area contributed by atoms with E-state index in [1.165, 1.54) is 11.3 Å². The summed E-state index contributed by atoms with van der Waals surface area (Å²) in [6.45, 7) is 2.19. The first-order chi connectivity index (χ1) is 10.1. The Morgan fingerprint density at radius 2 is 2.19 bits per heavy atom. The Balaban J connectivity index is 1.99. The zero-order valence-corrected chi connectivity index (χ0v) is 13.0. The van der Waals surface area contributed by atoms with Crippen LogP contribution in [0.1, 0.15) is 25.7 Å². The Bertz CT molecular complexity index is 713. The number of carbonyl (C=O) groups excluding carboxylic acids is 1. The number of benzene rings is 1. The van der Waals surface area contributed by atoms with Crippen molar-refractivity contribution in [1.29, 1.82) is 0 Å². The smallest absolute Gasteiger partial charge is 0.253 e. The normalized spacial score (nSPS) is 9.86. The van der Waals surface area contributed by atoms with Gasteiger partial charge in [0.05, 0.1) is 22.0 Å². The lowest BCUT2D eigenvalue weighted by atomic mass is 10.1. The summed E-state index contributed by atoms with van der Waals surface area (Å²) in [5.74, 6) is 5.23. The second-order valence-electron chi connectivity index (χ2n) is 4.39. The predicted octanol–water partition coefficient (Wildman–Crippen LogP) is 2.98. The lowest BCUT2D eigenvalue weighted by molar-refractivity contribution is 0.0951. The molecule has 0 saturated heterocycles. The number of rotatable bonds is 3. The van der Waals surface area contributed by atoms with Gasteiger partial charge in [0.25, 0.3) is 5.91 Å². The van der Waals surface area contributed by atoms with E-state index in [4.69, 9.17) is 16.7 Å². The maximum atomic E-state index is 12.1. The summed E-state index contributed by atoms with van der Waals surface area (Å²) in [7, 11) is 0. The van der Waals surface area contributed by atoms with Crippen molar-refractivity contribution in [3.8, 4) is 11.8 Å². The summed E-state index contributed by atoms with van der Waals surface area (Å²) in [5, 5.41) is 11.9. The third kappa shape index (κ3) is 4.33. The molecule has 0 spiro atoms. The van der Waals surface area contributed by atoms with E-state index in [1.807, 2.05) is 25.1 Å². The first-order valence-corrected chi connectivity index (χ1v) is 7.52. The van der Waals surface area contributed by atoms with Gasteiger partial charge in [-0.1, -0.05) is 29.5 Å². The fourth-order valence-corrected chi connectivity index (χ4v) is 2.88. The van der Waals surface area contributed by atoms with Crippen LogP contribution >= 0.6 is 22.9 Å². The molecular formula is C16H14ClNO2S. The van der Waals surface area contributed by atoms with Gasteiger partial charge in [-0.15, -0.1) is 11.3 Å². The number of amides is 1. The van der Waals surface area contributed by atoms with Crippen molar-refractivity contribution in [2.45, 2.75) is 13.5 Å². The largest absolute Gasteiger partial charge is 0.384 e. The topological polar surface area (TPSA) is 49.3 Å². The van der Waals surface area contributed by atoms with Gasteiger partial charge in [0.1, 0.15) is 6.61 Å². The van der Waals surface area contributed by atoms with Crippen LogP contribution in [0.2, 0.25) is 5.02 Å². The summed E-state index contributed by atoms with van der Waals surface area (Å²) in [6.07, 6.45) is 0. The molecule has 0 saturated carbocycles. The van der Waals surface area contributed by atoms with Crippen LogP contribution in [0.3, 0.4) is 0 Å². The van der Waals surface area contributed by atoms with E-state index in [0.29, 0.717) is 17.1 Å². The molecule has 108 valence electrons. The molecule has 5 heteroatoms. The van der Waals surface area contributed by atoms with E-state index in [-0.39, 0.29) is 12.5 Å². The van der Waals surface area contributed by atoms with E-state index in [2.05, 4.69) is 17.2 Å². The van der Waals surface area contributed by atoms with Crippen LogP contribution in [-0.4, -0.2) is 17.6 Å². The SMILES string of the molecule is Cc1ccc(C(=O)NCc2ccc(C#CCO)s2)c(Cl)c1. The molecule has 0 aliphatic heterocycles. The number of thiophene rings is 1. The minimum absolute atomic E-state index is 0.157. The molecular weight excluding hydrogens is 306 g/mol. The van der Waals surface area contributed by atoms with Crippen molar-refractivity contribution in [2.75, 3.05) is 6.61 Å². The molecule has 0 bridgehead atoms. The molecule has 1 amide bonds. The molecule has 0 unspecified atom stereocenters. The van der Waals surface area contributed by atoms with Crippen molar-refractivity contribution in [2.24, 2.45) is 0 Å². The number of hydrogen-bond acceptors (Lipinski definition) is 3. The average Bonchev–Trinajstić information content (AvgIpc) is 2.90. The van der Waals surface area contributed by atoms with Gasteiger partial charge in [-0.3, -0.25) is 4.79 Å². The number of aliphatic hydroxyl groups excluding tert-OH is 1. The first kappa shape index (κ1) is 15.6. The molecule has 21 heavy (non-hydrogen) atoms. The monoisotopic (exact) mass is 319 g/mol. The van der Waals surface area contributed by atoms with Gasteiger partial charge in [0.2, 0.25) is 0 Å². The highest BCUT2D eigenvalue weighted by atomic mass is 35.5. The minimum Gasteiger partial charge on any atom is -0.384 e. The average molecular weight is 320 g/mol. The Kier molecular flexibility index (Phi) is 5.40. The number of aliphatic hydroxyl groups is 1. The highest BCUT2D eigenvalue weighted by Crippen LogP contribution is 2.18. The van der Waals surface area contributed by atoms with E-state index in [1.54, 1.807) is 12.1 Å². The molecule has 0 radical (unpaired) electrons. The second kappa shape index (κ2) is 7.28. The maximum absolute atomic E-state index is 12.1. The summed E-state index contributed by atoms with van der Waals surface area (Å²) >= 11 is 7.55. The van der Waals surface area contributed by atoms with Gasteiger partial charge in [0.15, 0.2) is 0 Å². The van der Waals surface area contributed by atoms with Crippen molar-refractivity contribution < 1.29 is 9.90 Å². The van der Waals surface area contributed by atoms with Crippen LogP contribution in [0.25, 0.3) is 0 Å². The van der Waals surface area contributed by atoms with Crippen LogP contribution in [0.15, 0.2) is 30.3 Å². The van der Waals surface area contributed by atoms with E-state index in [9.17, 15) is 4.79 Å². The van der Waals surface area contributed by atoms with Crippen molar-refractivity contribution in [3.05, 3.63) is 56.2 Å². The number of halogens is 1. The number of nitrogens with one attached hydrogen (secondary N) is 1. The lowest BCUT2D eigenvalue weighted by Crippen LogP contribution is -2.22. The van der Waals surface area contributed by atoms with Gasteiger partial charge >= 0.3 is 0 Å². The van der Waals surface area contributed by atoms with Crippen LogP contribution < -0.4 is 5.32 Å². The third-order valence-electron chi connectivity index (χ3n) is 2.74. The fourth-order valence-electron chi connectivity index (χ4n) is 1.73. The van der Waals surface area contributed by atoms with Crippen molar-refractivity contribution in [1.82, 2.24) is 5.32 Å². The summed E-state index contributed by atoms with van der Waals surface area (Å²) in [6, 6.07) is 9.12. The zero-order valence-electron chi connectivity index (χ0n) is 11.4. The molecule has 0 atom stereocenters. The summed E-state index contributed by atoms with van der Waals surface area (Å²) in [5.41, 5.74) is 1.49. The van der Waals surface area contributed by atoms with E-state index >= 15 is 0 Å². The Hall–Kier alpha value is -1.80. The van der Waals surface area contributed by atoms with Gasteiger partial charge in [-0.25, -0.2) is 0 Å². The molecule has 3 nitrogen and oxygen atoms in total. The number of carbonyl (C=O) groups is 1. The van der Waals surface area contributed by atoms with Gasteiger partial charge < -0.3 is 10.4 Å². The van der Waals surface area contributed by atoms with Crippen LogP contribution in [0.4, 0.5) is 0 Å². The third-order valence-corrected chi connectivity index (χ3v) is 4.06. The van der Waals surface area contributed by atoms with E-state index < -0.39 is 0 Å². The van der Waals surface area contributed by atoms with E-state index in [0.717, 1.165) is 15.3 Å².